The maximum atomic E-state index is 13.0. The predicted molar refractivity (Wildman–Crippen MR) is 117 cm³/mol. The van der Waals surface area contributed by atoms with Crippen molar-refractivity contribution in [3.63, 3.8) is 0 Å². The number of nitrogens with one attached hydrogen (secondary N) is 1. The van der Waals surface area contributed by atoms with Crippen molar-refractivity contribution in [3.05, 3.63) is 53.1 Å². The summed E-state index contributed by atoms with van der Waals surface area (Å²) in [6.07, 6.45) is 0. The third-order valence-electron chi connectivity index (χ3n) is 4.51. The molecule has 2 rings (SSSR count). The molecule has 0 bridgehead atoms. The quantitative estimate of drug-likeness (QED) is 0.592. The van der Waals surface area contributed by atoms with Crippen LogP contribution >= 0.6 is 11.6 Å². The van der Waals surface area contributed by atoms with E-state index in [9.17, 15) is 13.2 Å². The monoisotopic (exact) mass is 454 g/mol. The molecule has 0 unspecified atom stereocenters. The Kier molecular flexibility index (Phi) is 8.52. The highest BCUT2D eigenvalue weighted by Gasteiger charge is 2.26. The van der Waals surface area contributed by atoms with E-state index in [4.69, 9.17) is 21.1 Å². The van der Waals surface area contributed by atoms with Crippen LogP contribution in [-0.4, -0.2) is 45.4 Å². The second kappa shape index (κ2) is 10.7. The Bertz CT molecular complexity index is 964. The number of benzene rings is 2. The van der Waals surface area contributed by atoms with Crippen LogP contribution in [0.15, 0.2) is 47.4 Å². The number of amides is 1. The molecule has 7 nitrogen and oxygen atoms in total. The van der Waals surface area contributed by atoms with Gasteiger partial charge in [0.05, 0.1) is 36.2 Å². The lowest BCUT2D eigenvalue weighted by molar-refractivity contribution is -0.121. The van der Waals surface area contributed by atoms with Gasteiger partial charge in [-0.25, -0.2) is 8.42 Å². The van der Waals surface area contributed by atoms with Crippen molar-refractivity contribution >= 4 is 27.5 Å². The zero-order chi connectivity index (χ0) is 22.3. The minimum absolute atomic E-state index is 0.00815. The molecule has 1 atom stereocenters. The third-order valence-corrected chi connectivity index (χ3v) is 6.72. The van der Waals surface area contributed by atoms with Gasteiger partial charge in [-0.15, -0.1) is 0 Å². The smallest absolute Gasteiger partial charge is 0.243 e. The van der Waals surface area contributed by atoms with Crippen LogP contribution in [0.5, 0.6) is 11.5 Å². The van der Waals surface area contributed by atoms with E-state index < -0.39 is 15.9 Å². The Morgan fingerprint density at radius 3 is 2.37 bits per heavy atom. The second-order valence-electron chi connectivity index (χ2n) is 6.52. The maximum absolute atomic E-state index is 13.0. The van der Waals surface area contributed by atoms with Crippen LogP contribution in [0.4, 0.5) is 0 Å². The number of sulfonamides is 1. The fourth-order valence-electron chi connectivity index (χ4n) is 2.85. The van der Waals surface area contributed by atoms with Crippen molar-refractivity contribution in [3.8, 4) is 11.5 Å². The van der Waals surface area contributed by atoms with E-state index in [1.54, 1.807) is 26.2 Å². The zero-order valence-electron chi connectivity index (χ0n) is 17.5. The lowest BCUT2D eigenvalue weighted by atomic mass is 10.1. The molecule has 0 fully saturated rings. The molecule has 0 aromatic heterocycles. The highest BCUT2D eigenvalue weighted by molar-refractivity contribution is 7.89. The number of halogens is 1. The van der Waals surface area contributed by atoms with Crippen LogP contribution in [0, 0.1) is 0 Å². The molecule has 0 saturated heterocycles. The molecule has 0 heterocycles. The Balaban J connectivity index is 2.10. The number of hydrogen-bond donors (Lipinski definition) is 1. The van der Waals surface area contributed by atoms with Crippen LogP contribution in [0.1, 0.15) is 32.4 Å². The highest BCUT2D eigenvalue weighted by atomic mass is 35.5. The van der Waals surface area contributed by atoms with Gasteiger partial charge in [0.2, 0.25) is 15.9 Å². The Labute approximate surface area is 183 Å². The molecule has 1 N–H and O–H groups in total. The molecule has 2 aromatic carbocycles. The van der Waals surface area contributed by atoms with Gasteiger partial charge in [-0.1, -0.05) is 30.7 Å². The predicted octanol–water partition coefficient (Wildman–Crippen LogP) is 3.64. The first-order chi connectivity index (χ1) is 14.2. The first-order valence-electron chi connectivity index (χ1n) is 9.58. The molecule has 164 valence electrons. The average Bonchev–Trinajstić information content (AvgIpc) is 2.73. The van der Waals surface area contributed by atoms with E-state index in [0.29, 0.717) is 12.4 Å². The molecule has 2 aromatic rings. The zero-order valence-corrected chi connectivity index (χ0v) is 19.1. The average molecular weight is 455 g/mol. The second-order valence-corrected chi connectivity index (χ2v) is 8.86. The molecule has 0 aliphatic carbocycles. The number of methoxy groups -OCH3 is 1. The van der Waals surface area contributed by atoms with Gasteiger partial charge < -0.3 is 14.8 Å². The summed E-state index contributed by atoms with van der Waals surface area (Å²) in [7, 11) is -2.31. The molecule has 0 spiro atoms. The van der Waals surface area contributed by atoms with Gasteiger partial charge >= 0.3 is 0 Å². The largest absolute Gasteiger partial charge is 0.497 e. The van der Waals surface area contributed by atoms with Crippen molar-refractivity contribution in [2.75, 3.05) is 26.8 Å². The molecule has 0 aliphatic heterocycles. The van der Waals surface area contributed by atoms with Gasteiger partial charge in [0, 0.05) is 6.54 Å². The van der Waals surface area contributed by atoms with E-state index in [0.717, 1.165) is 15.6 Å². The van der Waals surface area contributed by atoms with Crippen LogP contribution in [0.25, 0.3) is 0 Å². The number of carbonyl (C=O) groups excluding carboxylic acids is 1. The van der Waals surface area contributed by atoms with Crippen molar-refractivity contribution in [2.45, 2.75) is 31.7 Å². The van der Waals surface area contributed by atoms with Crippen molar-refractivity contribution < 1.29 is 22.7 Å². The maximum Gasteiger partial charge on any atom is 0.243 e. The fourth-order valence-corrected chi connectivity index (χ4v) is 4.59. The van der Waals surface area contributed by atoms with Gasteiger partial charge in [0.1, 0.15) is 11.5 Å². The summed E-state index contributed by atoms with van der Waals surface area (Å²) in [5.74, 6) is 0.725. The fraction of sp³-hybridized carbons (Fsp3) is 0.381. The van der Waals surface area contributed by atoms with Crippen LogP contribution in [0.2, 0.25) is 5.02 Å². The summed E-state index contributed by atoms with van der Waals surface area (Å²) in [5.41, 5.74) is 0.883. The molecular weight excluding hydrogens is 428 g/mol. The van der Waals surface area contributed by atoms with Gasteiger partial charge in [-0.2, -0.15) is 4.31 Å². The van der Waals surface area contributed by atoms with E-state index in [2.05, 4.69) is 5.32 Å². The summed E-state index contributed by atoms with van der Waals surface area (Å²) < 4.78 is 37.5. The Morgan fingerprint density at radius 2 is 1.83 bits per heavy atom. The molecule has 9 heteroatoms. The van der Waals surface area contributed by atoms with E-state index in [1.807, 2.05) is 26.0 Å². The Morgan fingerprint density at radius 1 is 1.17 bits per heavy atom. The summed E-state index contributed by atoms with van der Waals surface area (Å²) in [6.45, 7) is 5.57. The molecule has 0 radical (unpaired) electrons. The summed E-state index contributed by atoms with van der Waals surface area (Å²) >= 11 is 6.13. The highest BCUT2D eigenvalue weighted by Crippen LogP contribution is 2.28. The van der Waals surface area contributed by atoms with Crippen molar-refractivity contribution in [2.24, 2.45) is 0 Å². The van der Waals surface area contributed by atoms with Gasteiger partial charge in [-0.3, -0.25) is 4.79 Å². The minimum Gasteiger partial charge on any atom is -0.497 e. The molecule has 30 heavy (non-hydrogen) atoms. The summed E-state index contributed by atoms with van der Waals surface area (Å²) in [5, 5.41) is 3.03. The van der Waals surface area contributed by atoms with Crippen LogP contribution in [-0.2, 0) is 14.8 Å². The lowest BCUT2D eigenvalue weighted by Gasteiger charge is -2.22. The van der Waals surface area contributed by atoms with E-state index in [1.165, 1.54) is 18.2 Å². The topological polar surface area (TPSA) is 84.9 Å². The van der Waals surface area contributed by atoms with E-state index in [-0.39, 0.29) is 29.0 Å². The lowest BCUT2D eigenvalue weighted by Crippen LogP contribution is -2.41. The van der Waals surface area contributed by atoms with Crippen LogP contribution < -0.4 is 14.8 Å². The number of carbonyl (C=O) groups is 1. The number of likely N-dealkylation sites (N-methyl/N-ethyl adjacent to an activating group) is 1. The van der Waals surface area contributed by atoms with Crippen molar-refractivity contribution in [1.29, 1.82) is 0 Å². The first-order valence-corrected chi connectivity index (χ1v) is 11.4. The minimum atomic E-state index is -3.89. The standard InChI is InChI=1S/C21H27ClN2O5S/c1-5-24(30(26,27)18-11-12-20(29-6-2)19(22)13-18)14-21(25)23-15(3)16-7-9-17(28-4)10-8-16/h7-13,15H,5-6,14H2,1-4H3,(H,23,25)/t15-/m0/s1. The first kappa shape index (κ1) is 24.0. The van der Waals surface area contributed by atoms with E-state index >= 15 is 0 Å². The summed E-state index contributed by atoms with van der Waals surface area (Å²) in [4.78, 5) is 12.5. The van der Waals surface area contributed by atoms with Gasteiger partial charge in [0.15, 0.2) is 0 Å². The normalized spacial score (nSPS) is 12.5. The molecule has 0 saturated carbocycles. The molecular formula is C21H27ClN2O5S. The number of hydrogen-bond acceptors (Lipinski definition) is 5. The number of ether oxygens (including phenoxy) is 2. The third kappa shape index (κ3) is 5.87. The Hall–Kier alpha value is -2.29. The number of rotatable bonds is 10. The van der Waals surface area contributed by atoms with Gasteiger partial charge in [-0.05, 0) is 49.7 Å². The van der Waals surface area contributed by atoms with Crippen molar-refractivity contribution in [1.82, 2.24) is 9.62 Å². The molecule has 1 amide bonds. The van der Waals surface area contributed by atoms with Gasteiger partial charge in [0.25, 0.3) is 0 Å². The van der Waals surface area contributed by atoms with Crippen LogP contribution in [0.3, 0.4) is 0 Å². The molecule has 0 aliphatic rings. The summed E-state index contributed by atoms with van der Waals surface area (Å²) in [6, 6.07) is 11.3. The SMILES string of the molecule is CCOc1ccc(S(=O)(=O)N(CC)CC(=O)N[C@@H](C)c2ccc(OC)cc2)cc1Cl. The number of nitrogens with zero attached hydrogens (tertiary/aromatic N) is 1.